The van der Waals surface area contributed by atoms with Crippen LogP contribution in [0.1, 0.15) is 24.8 Å². The summed E-state index contributed by atoms with van der Waals surface area (Å²) in [5, 5.41) is 7.06. The second-order valence-corrected chi connectivity index (χ2v) is 6.22. The highest BCUT2D eigenvalue weighted by molar-refractivity contribution is 6.30. The summed E-state index contributed by atoms with van der Waals surface area (Å²) in [4.78, 5) is 11.9. The highest BCUT2D eigenvalue weighted by Crippen LogP contribution is 2.28. The highest BCUT2D eigenvalue weighted by atomic mass is 35.5. The maximum absolute atomic E-state index is 11.9. The van der Waals surface area contributed by atoms with E-state index in [1.165, 1.54) is 6.42 Å². The molecule has 0 atom stereocenters. The topological polar surface area (TPSA) is 41.1 Å². The summed E-state index contributed by atoms with van der Waals surface area (Å²) in [6.07, 6.45) is 3.20. The summed E-state index contributed by atoms with van der Waals surface area (Å²) in [5.74, 6) is 0.343. The van der Waals surface area contributed by atoms with E-state index in [-0.39, 0.29) is 11.8 Å². The van der Waals surface area contributed by atoms with Crippen molar-refractivity contribution in [3.05, 3.63) is 53.1 Å². The van der Waals surface area contributed by atoms with Crippen LogP contribution in [0.3, 0.4) is 0 Å². The fraction of sp³-hybridized carbons (Fsp3) is 0.278. The van der Waals surface area contributed by atoms with Gasteiger partial charge in [-0.15, -0.1) is 0 Å². The van der Waals surface area contributed by atoms with Crippen molar-refractivity contribution in [1.29, 1.82) is 0 Å². The fourth-order valence-electron chi connectivity index (χ4n) is 2.47. The van der Waals surface area contributed by atoms with Crippen molar-refractivity contribution < 1.29 is 4.79 Å². The van der Waals surface area contributed by atoms with Crippen LogP contribution in [0.5, 0.6) is 0 Å². The van der Waals surface area contributed by atoms with Gasteiger partial charge in [0.15, 0.2) is 0 Å². The van der Waals surface area contributed by atoms with Gasteiger partial charge >= 0.3 is 0 Å². The van der Waals surface area contributed by atoms with Crippen molar-refractivity contribution >= 4 is 34.6 Å². The molecule has 4 heteroatoms. The Kier molecular flexibility index (Phi) is 4.34. The predicted octanol–water partition coefficient (Wildman–Crippen LogP) is 5.13. The minimum atomic E-state index is 0.139. The van der Waals surface area contributed by atoms with E-state index < -0.39 is 0 Å². The van der Waals surface area contributed by atoms with Crippen LogP contribution in [-0.4, -0.2) is 5.91 Å². The van der Waals surface area contributed by atoms with Crippen LogP contribution in [0.2, 0.25) is 5.02 Å². The lowest BCUT2D eigenvalue weighted by Gasteiger charge is -2.24. The van der Waals surface area contributed by atoms with E-state index in [2.05, 4.69) is 10.6 Å². The number of carbonyl (C=O) groups excluding carboxylic acids is 1. The third-order valence-corrected chi connectivity index (χ3v) is 4.33. The molecule has 1 fully saturated rings. The molecule has 114 valence electrons. The standard InChI is InChI=1S/C18H19ClN2O/c1-12-11-14(19)5-10-17(12)20-15-6-8-16(9-7-15)21-18(22)13-3-2-4-13/h5-11,13,20H,2-4H2,1H3,(H,21,22). The summed E-state index contributed by atoms with van der Waals surface area (Å²) in [5.41, 5.74) is 3.94. The minimum absolute atomic E-state index is 0.139. The Balaban J connectivity index is 1.64. The molecule has 2 N–H and O–H groups in total. The molecule has 0 saturated heterocycles. The molecule has 1 saturated carbocycles. The molecule has 0 heterocycles. The van der Waals surface area contributed by atoms with E-state index in [1.54, 1.807) is 0 Å². The zero-order chi connectivity index (χ0) is 15.5. The van der Waals surface area contributed by atoms with Crippen LogP contribution >= 0.6 is 11.6 Å². The van der Waals surface area contributed by atoms with Crippen LogP contribution in [-0.2, 0) is 4.79 Å². The van der Waals surface area contributed by atoms with Crippen molar-refractivity contribution in [3.63, 3.8) is 0 Å². The van der Waals surface area contributed by atoms with E-state index in [0.29, 0.717) is 0 Å². The average Bonchev–Trinajstić information content (AvgIpc) is 2.42. The maximum Gasteiger partial charge on any atom is 0.227 e. The first kappa shape index (κ1) is 14.9. The molecular weight excluding hydrogens is 296 g/mol. The van der Waals surface area contributed by atoms with Gasteiger partial charge in [-0.3, -0.25) is 4.79 Å². The van der Waals surface area contributed by atoms with Crippen LogP contribution in [0.4, 0.5) is 17.1 Å². The summed E-state index contributed by atoms with van der Waals surface area (Å²) >= 11 is 5.96. The van der Waals surface area contributed by atoms with Gasteiger partial charge in [-0.05, 0) is 67.8 Å². The molecule has 0 unspecified atom stereocenters. The first-order valence-electron chi connectivity index (χ1n) is 7.56. The Morgan fingerprint density at radius 1 is 1.09 bits per heavy atom. The average molecular weight is 315 g/mol. The number of aryl methyl sites for hydroxylation is 1. The van der Waals surface area contributed by atoms with Gasteiger partial charge in [-0.1, -0.05) is 18.0 Å². The number of halogens is 1. The predicted molar refractivity (Wildman–Crippen MR) is 91.9 cm³/mol. The Morgan fingerprint density at radius 2 is 1.77 bits per heavy atom. The number of carbonyl (C=O) groups is 1. The second kappa shape index (κ2) is 6.41. The van der Waals surface area contributed by atoms with Gasteiger partial charge in [0, 0.05) is 28.0 Å². The number of amides is 1. The minimum Gasteiger partial charge on any atom is -0.355 e. The Bertz CT molecular complexity index is 678. The molecule has 3 nitrogen and oxygen atoms in total. The van der Waals surface area contributed by atoms with Gasteiger partial charge in [0.25, 0.3) is 0 Å². The van der Waals surface area contributed by atoms with Crippen LogP contribution in [0.25, 0.3) is 0 Å². The number of benzene rings is 2. The molecule has 1 amide bonds. The van der Waals surface area contributed by atoms with E-state index in [9.17, 15) is 4.79 Å². The second-order valence-electron chi connectivity index (χ2n) is 5.78. The van der Waals surface area contributed by atoms with Crippen LogP contribution in [0, 0.1) is 12.8 Å². The van der Waals surface area contributed by atoms with Gasteiger partial charge < -0.3 is 10.6 Å². The van der Waals surface area contributed by atoms with Crippen molar-refractivity contribution in [2.24, 2.45) is 5.92 Å². The summed E-state index contributed by atoms with van der Waals surface area (Å²) < 4.78 is 0. The van der Waals surface area contributed by atoms with Gasteiger partial charge in [0.2, 0.25) is 5.91 Å². The lowest BCUT2D eigenvalue weighted by molar-refractivity contribution is -0.122. The van der Waals surface area contributed by atoms with Gasteiger partial charge in [0.1, 0.15) is 0 Å². The molecule has 0 spiro atoms. The molecule has 0 radical (unpaired) electrons. The molecule has 3 rings (SSSR count). The van der Waals surface area contributed by atoms with Gasteiger partial charge in [-0.25, -0.2) is 0 Å². The SMILES string of the molecule is Cc1cc(Cl)ccc1Nc1ccc(NC(=O)C2CCC2)cc1. The van der Waals surface area contributed by atoms with Crippen molar-refractivity contribution in [1.82, 2.24) is 0 Å². The van der Waals surface area contributed by atoms with Crippen molar-refractivity contribution in [2.75, 3.05) is 10.6 Å². The first-order valence-corrected chi connectivity index (χ1v) is 7.94. The summed E-state index contributed by atoms with van der Waals surface area (Å²) in [6.45, 7) is 2.02. The van der Waals surface area contributed by atoms with E-state index in [1.807, 2.05) is 49.4 Å². The quantitative estimate of drug-likeness (QED) is 0.821. The molecule has 0 aromatic heterocycles. The molecule has 1 aliphatic rings. The molecule has 2 aromatic rings. The molecule has 0 aliphatic heterocycles. The van der Waals surface area contributed by atoms with Crippen molar-refractivity contribution in [2.45, 2.75) is 26.2 Å². The summed E-state index contributed by atoms with van der Waals surface area (Å²) in [7, 11) is 0. The fourth-order valence-corrected chi connectivity index (χ4v) is 2.70. The zero-order valence-electron chi connectivity index (χ0n) is 12.5. The molecule has 2 aromatic carbocycles. The smallest absolute Gasteiger partial charge is 0.227 e. The number of hydrogen-bond acceptors (Lipinski definition) is 2. The monoisotopic (exact) mass is 314 g/mol. The normalized spacial score (nSPS) is 14.3. The number of nitrogens with one attached hydrogen (secondary N) is 2. The number of rotatable bonds is 4. The van der Waals surface area contributed by atoms with E-state index in [4.69, 9.17) is 11.6 Å². The molecule has 0 bridgehead atoms. The lowest BCUT2D eigenvalue weighted by Crippen LogP contribution is -2.27. The third-order valence-electron chi connectivity index (χ3n) is 4.10. The Labute approximate surface area is 135 Å². The zero-order valence-corrected chi connectivity index (χ0v) is 13.3. The van der Waals surface area contributed by atoms with E-state index in [0.717, 1.165) is 40.5 Å². The van der Waals surface area contributed by atoms with Gasteiger partial charge in [0.05, 0.1) is 0 Å². The molecule has 1 aliphatic carbocycles. The van der Waals surface area contributed by atoms with Crippen molar-refractivity contribution in [3.8, 4) is 0 Å². The molecular formula is C18H19ClN2O. The van der Waals surface area contributed by atoms with Crippen LogP contribution < -0.4 is 10.6 Å². The maximum atomic E-state index is 11.9. The first-order chi connectivity index (χ1) is 10.6. The van der Waals surface area contributed by atoms with Crippen LogP contribution in [0.15, 0.2) is 42.5 Å². The largest absolute Gasteiger partial charge is 0.355 e. The molecule has 22 heavy (non-hydrogen) atoms. The highest BCUT2D eigenvalue weighted by Gasteiger charge is 2.24. The Hall–Kier alpha value is -2.00. The number of anilines is 3. The van der Waals surface area contributed by atoms with E-state index >= 15 is 0 Å². The third kappa shape index (κ3) is 3.42. The summed E-state index contributed by atoms with van der Waals surface area (Å²) in [6, 6.07) is 13.5. The lowest BCUT2D eigenvalue weighted by atomic mass is 9.85. The number of hydrogen-bond donors (Lipinski definition) is 2. The Morgan fingerprint density at radius 3 is 2.36 bits per heavy atom. The van der Waals surface area contributed by atoms with Gasteiger partial charge in [-0.2, -0.15) is 0 Å².